The molecule has 0 saturated heterocycles. The molecule has 1 aromatic rings. The van der Waals surface area contributed by atoms with Gasteiger partial charge in [0.15, 0.2) is 0 Å². The first-order valence-corrected chi connectivity index (χ1v) is 6.84. The van der Waals surface area contributed by atoms with Gasteiger partial charge < -0.3 is 15.2 Å². The van der Waals surface area contributed by atoms with Gasteiger partial charge in [0.2, 0.25) is 5.91 Å². The number of rotatable bonds is 6. The van der Waals surface area contributed by atoms with Gasteiger partial charge in [-0.3, -0.25) is 4.79 Å². The summed E-state index contributed by atoms with van der Waals surface area (Å²) in [4.78, 5) is 11.6. The standard InChI is InChI=1S/C15H20F3NO3/c1-9(2)13(20)7-14(21)19-8-10-4-5-11(22-3)6-12(10)15(16,17)18/h4-6,9,13,20H,7-8H2,1-3H3,(H,19,21). The average Bonchev–Trinajstić information content (AvgIpc) is 2.43. The Bertz CT molecular complexity index is 515. The van der Waals surface area contributed by atoms with Crippen molar-refractivity contribution in [3.05, 3.63) is 29.3 Å². The number of ether oxygens (including phenoxy) is 1. The lowest BCUT2D eigenvalue weighted by atomic mass is 10.0. The molecule has 4 nitrogen and oxygen atoms in total. The van der Waals surface area contributed by atoms with Crippen LogP contribution in [-0.2, 0) is 17.5 Å². The fourth-order valence-corrected chi connectivity index (χ4v) is 1.79. The van der Waals surface area contributed by atoms with E-state index >= 15 is 0 Å². The number of methoxy groups -OCH3 is 1. The van der Waals surface area contributed by atoms with Crippen molar-refractivity contribution in [2.24, 2.45) is 5.92 Å². The van der Waals surface area contributed by atoms with Crippen molar-refractivity contribution in [3.8, 4) is 5.75 Å². The molecule has 0 spiro atoms. The van der Waals surface area contributed by atoms with E-state index in [0.29, 0.717) is 0 Å². The zero-order chi connectivity index (χ0) is 16.9. The van der Waals surface area contributed by atoms with Crippen LogP contribution in [-0.4, -0.2) is 24.2 Å². The number of aliphatic hydroxyl groups excluding tert-OH is 1. The number of aliphatic hydroxyl groups is 1. The van der Waals surface area contributed by atoms with Crippen LogP contribution in [0.25, 0.3) is 0 Å². The summed E-state index contributed by atoms with van der Waals surface area (Å²) in [7, 11) is 1.28. The van der Waals surface area contributed by atoms with Crippen molar-refractivity contribution in [1.29, 1.82) is 0 Å². The number of hydrogen-bond donors (Lipinski definition) is 2. The second-order valence-corrected chi connectivity index (χ2v) is 5.31. The lowest BCUT2D eigenvalue weighted by molar-refractivity contribution is -0.138. The van der Waals surface area contributed by atoms with Gasteiger partial charge in [-0.25, -0.2) is 0 Å². The molecule has 1 aromatic carbocycles. The molecular weight excluding hydrogens is 299 g/mol. The number of hydrogen-bond acceptors (Lipinski definition) is 3. The van der Waals surface area contributed by atoms with Gasteiger partial charge in [-0.05, 0) is 23.6 Å². The molecule has 1 rings (SSSR count). The maximum Gasteiger partial charge on any atom is 0.416 e. The van der Waals surface area contributed by atoms with E-state index in [1.54, 1.807) is 13.8 Å². The monoisotopic (exact) mass is 319 g/mol. The van der Waals surface area contributed by atoms with E-state index < -0.39 is 23.8 Å². The minimum atomic E-state index is -4.54. The third kappa shape index (κ3) is 5.22. The summed E-state index contributed by atoms with van der Waals surface area (Å²) in [6, 6.07) is 3.56. The highest BCUT2D eigenvalue weighted by Gasteiger charge is 2.33. The second kappa shape index (κ2) is 7.49. The Kier molecular flexibility index (Phi) is 6.22. The summed E-state index contributed by atoms with van der Waals surface area (Å²) >= 11 is 0. The van der Waals surface area contributed by atoms with E-state index in [1.807, 2.05) is 0 Å². The van der Waals surface area contributed by atoms with Gasteiger partial charge in [-0.1, -0.05) is 19.9 Å². The van der Waals surface area contributed by atoms with Crippen LogP contribution in [0.4, 0.5) is 13.2 Å². The van der Waals surface area contributed by atoms with Crippen LogP contribution in [0.3, 0.4) is 0 Å². The number of carbonyl (C=O) groups is 1. The van der Waals surface area contributed by atoms with Gasteiger partial charge in [0.05, 0.1) is 25.2 Å². The predicted octanol–water partition coefficient (Wildman–Crippen LogP) is 2.74. The molecule has 1 atom stereocenters. The largest absolute Gasteiger partial charge is 0.497 e. The van der Waals surface area contributed by atoms with E-state index in [1.165, 1.54) is 19.2 Å². The Morgan fingerprint density at radius 1 is 1.36 bits per heavy atom. The van der Waals surface area contributed by atoms with Crippen molar-refractivity contribution >= 4 is 5.91 Å². The summed E-state index contributed by atoms with van der Waals surface area (Å²) in [5.74, 6) is -0.500. The van der Waals surface area contributed by atoms with E-state index in [0.717, 1.165) is 6.07 Å². The van der Waals surface area contributed by atoms with Crippen LogP contribution < -0.4 is 10.1 Å². The van der Waals surface area contributed by atoms with Crippen molar-refractivity contribution in [3.63, 3.8) is 0 Å². The zero-order valence-electron chi connectivity index (χ0n) is 12.7. The molecule has 2 N–H and O–H groups in total. The SMILES string of the molecule is COc1ccc(CNC(=O)CC(O)C(C)C)c(C(F)(F)F)c1. The highest BCUT2D eigenvalue weighted by molar-refractivity contribution is 5.76. The van der Waals surface area contributed by atoms with Crippen LogP contribution in [0.2, 0.25) is 0 Å². The molecule has 22 heavy (non-hydrogen) atoms. The summed E-state index contributed by atoms with van der Waals surface area (Å²) in [6.07, 6.45) is -5.50. The van der Waals surface area contributed by atoms with Crippen LogP contribution in [0.5, 0.6) is 5.75 Å². The minimum Gasteiger partial charge on any atom is -0.497 e. The van der Waals surface area contributed by atoms with E-state index in [9.17, 15) is 23.1 Å². The number of benzene rings is 1. The third-order valence-electron chi connectivity index (χ3n) is 3.26. The highest BCUT2D eigenvalue weighted by Crippen LogP contribution is 2.34. The van der Waals surface area contributed by atoms with Crippen LogP contribution >= 0.6 is 0 Å². The van der Waals surface area contributed by atoms with E-state index in [4.69, 9.17) is 4.74 Å². The first-order chi connectivity index (χ1) is 10.1. The second-order valence-electron chi connectivity index (χ2n) is 5.31. The molecule has 0 aromatic heterocycles. The van der Waals surface area contributed by atoms with Gasteiger partial charge in [-0.2, -0.15) is 13.2 Å². The molecule has 0 aliphatic carbocycles. The summed E-state index contributed by atoms with van der Waals surface area (Å²) in [5.41, 5.74) is -0.905. The summed E-state index contributed by atoms with van der Waals surface area (Å²) in [5, 5.41) is 12.0. The molecule has 0 aliphatic rings. The van der Waals surface area contributed by atoms with E-state index in [-0.39, 0.29) is 30.2 Å². The fraction of sp³-hybridized carbons (Fsp3) is 0.533. The smallest absolute Gasteiger partial charge is 0.416 e. The molecular formula is C15H20F3NO3. The predicted molar refractivity (Wildman–Crippen MR) is 75.3 cm³/mol. The van der Waals surface area contributed by atoms with Gasteiger partial charge >= 0.3 is 6.18 Å². The Balaban J connectivity index is 2.79. The molecule has 0 fully saturated rings. The van der Waals surface area contributed by atoms with Gasteiger partial charge in [0.1, 0.15) is 5.75 Å². The van der Waals surface area contributed by atoms with Crippen molar-refractivity contribution in [2.75, 3.05) is 7.11 Å². The fourth-order valence-electron chi connectivity index (χ4n) is 1.79. The zero-order valence-corrected chi connectivity index (χ0v) is 12.7. The number of alkyl halides is 3. The molecule has 124 valence electrons. The number of nitrogens with one attached hydrogen (secondary N) is 1. The van der Waals surface area contributed by atoms with Crippen LogP contribution in [0, 0.1) is 5.92 Å². The Hall–Kier alpha value is -1.76. The Morgan fingerprint density at radius 2 is 2.00 bits per heavy atom. The van der Waals surface area contributed by atoms with Gasteiger partial charge in [0, 0.05) is 6.54 Å². The highest BCUT2D eigenvalue weighted by atomic mass is 19.4. The van der Waals surface area contributed by atoms with Crippen LogP contribution in [0.15, 0.2) is 18.2 Å². The minimum absolute atomic E-state index is 0.0549. The molecule has 7 heteroatoms. The van der Waals surface area contributed by atoms with Crippen molar-refractivity contribution in [1.82, 2.24) is 5.32 Å². The topological polar surface area (TPSA) is 58.6 Å². The molecule has 1 unspecified atom stereocenters. The van der Waals surface area contributed by atoms with E-state index in [2.05, 4.69) is 5.32 Å². The quantitative estimate of drug-likeness (QED) is 0.847. The maximum absolute atomic E-state index is 13.0. The average molecular weight is 319 g/mol. The van der Waals surface area contributed by atoms with Gasteiger partial charge in [-0.15, -0.1) is 0 Å². The normalized spacial score (nSPS) is 13.1. The summed E-state index contributed by atoms with van der Waals surface area (Å²) < 4.78 is 43.8. The Morgan fingerprint density at radius 3 is 2.50 bits per heavy atom. The number of carbonyl (C=O) groups excluding carboxylic acids is 1. The molecule has 0 heterocycles. The lowest BCUT2D eigenvalue weighted by Gasteiger charge is -2.16. The molecule has 0 aliphatic heterocycles. The molecule has 0 bridgehead atoms. The molecule has 1 amide bonds. The molecule has 0 radical (unpaired) electrons. The van der Waals surface area contributed by atoms with Crippen molar-refractivity contribution < 1.29 is 27.8 Å². The number of halogens is 3. The first-order valence-electron chi connectivity index (χ1n) is 6.84. The van der Waals surface area contributed by atoms with Crippen LogP contribution in [0.1, 0.15) is 31.4 Å². The Labute approximate surface area is 127 Å². The van der Waals surface area contributed by atoms with Gasteiger partial charge in [0.25, 0.3) is 0 Å². The number of amides is 1. The van der Waals surface area contributed by atoms with Crippen molar-refractivity contribution in [2.45, 2.75) is 39.1 Å². The summed E-state index contributed by atoms with van der Waals surface area (Å²) in [6.45, 7) is 3.24. The lowest BCUT2D eigenvalue weighted by Crippen LogP contribution is -2.29. The first kappa shape index (κ1) is 18.3. The maximum atomic E-state index is 13.0. The third-order valence-corrected chi connectivity index (χ3v) is 3.26. The molecule has 0 saturated carbocycles.